The molecule has 1 heterocycles. The predicted octanol–water partition coefficient (Wildman–Crippen LogP) is 1.60. The highest BCUT2D eigenvalue weighted by molar-refractivity contribution is 5.85. The number of aromatic nitrogens is 2. The van der Waals surface area contributed by atoms with Crippen molar-refractivity contribution in [2.75, 3.05) is 5.73 Å². The van der Waals surface area contributed by atoms with Gasteiger partial charge in [0.05, 0.1) is 11.4 Å². The molecule has 0 fully saturated rings. The maximum Gasteiger partial charge on any atom is 0.171 e. The van der Waals surface area contributed by atoms with Gasteiger partial charge in [0.2, 0.25) is 0 Å². The van der Waals surface area contributed by atoms with Crippen LogP contribution in [0.1, 0.15) is 5.69 Å². The predicted molar refractivity (Wildman–Crippen MR) is 49.8 cm³/mol. The highest BCUT2D eigenvalue weighted by Crippen LogP contribution is 2.24. The van der Waals surface area contributed by atoms with Crippen molar-refractivity contribution in [3.63, 3.8) is 0 Å². The summed E-state index contributed by atoms with van der Waals surface area (Å²) >= 11 is 0. The molecule has 0 unspecified atom stereocenters. The summed E-state index contributed by atoms with van der Waals surface area (Å²) in [7, 11) is 1.71. The topological polar surface area (TPSA) is 43.8 Å². The third-order valence-electron chi connectivity index (χ3n) is 2.16. The molecule has 1 aromatic carbocycles. The average Bonchev–Trinajstić information content (AvgIpc) is 2.35. The van der Waals surface area contributed by atoms with Gasteiger partial charge >= 0.3 is 0 Å². The van der Waals surface area contributed by atoms with E-state index in [9.17, 15) is 4.39 Å². The zero-order valence-corrected chi connectivity index (χ0v) is 7.50. The van der Waals surface area contributed by atoms with E-state index in [-0.39, 0.29) is 11.5 Å². The van der Waals surface area contributed by atoms with Crippen LogP contribution in [-0.2, 0) is 7.05 Å². The summed E-state index contributed by atoms with van der Waals surface area (Å²) in [6.07, 6.45) is 0. The van der Waals surface area contributed by atoms with Crippen LogP contribution >= 0.6 is 0 Å². The second-order valence-electron chi connectivity index (χ2n) is 3.07. The van der Waals surface area contributed by atoms with E-state index in [1.54, 1.807) is 19.2 Å². The van der Waals surface area contributed by atoms with Gasteiger partial charge in [-0.15, -0.1) is 0 Å². The fourth-order valence-electron chi connectivity index (χ4n) is 1.52. The van der Waals surface area contributed by atoms with Crippen LogP contribution in [-0.4, -0.2) is 9.78 Å². The molecule has 0 atom stereocenters. The van der Waals surface area contributed by atoms with Crippen molar-refractivity contribution in [3.05, 3.63) is 23.6 Å². The summed E-state index contributed by atoms with van der Waals surface area (Å²) in [5, 5.41) is 4.93. The van der Waals surface area contributed by atoms with Gasteiger partial charge < -0.3 is 5.73 Å². The third-order valence-corrected chi connectivity index (χ3v) is 2.16. The smallest absolute Gasteiger partial charge is 0.171 e. The Bertz CT molecular complexity index is 473. The number of rotatable bonds is 0. The monoisotopic (exact) mass is 179 g/mol. The average molecular weight is 179 g/mol. The summed E-state index contributed by atoms with van der Waals surface area (Å²) in [5.41, 5.74) is 6.90. The largest absolute Gasteiger partial charge is 0.396 e. The lowest BCUT2D eigenvalue weighted by Gasteiger charge is -1.99. The Morgan fingerprint density at radius 2 is 2.15 bits per heavy atom. The molecule has 13 heavy (non-hydrogen) atoms. The number of nitrogens with two attached hydrogens (primary N) is 1. The quantitative estimate of drug-likeness (QED) is 0.624. The van der Waals surface area contributed by atoms with Gasteiger partial charge in [0.1, 0.15) is 5.52 Å². The number of anilines is 1. The molecule has 0 amide bonds. The number of nitrogen functional groups attached to an aromatic ring is 1. The van der Waals surface area contributed by atoms with Gasteiger partial charge in [-0.1, -0.05) is 0 Å². The van der Waals surface area contributed by atoms with Crippen LogP contribution in [0.3, 0.4) is 0 Å². The highest BCUT2D eigenvalue weighted by atomic mass is 19.1. The number of halogens is 1. The first-order valence-electron chi connectivity index (χ1n) is 3.98. The van der Waals surface area contributed by atoms with Crippen LogP contribution in [0.4, 0.5) is 10.1 Å². The molecule has 2 N–H and O–H groups in total. The van der Waals surface area contributed by atoms with Crippen LogP contribution in [0.2, 0.25) is 0 Å². The lowest BCUT2D eigenvalue weighted by molar-refractivity contribution is 0.629. The van der Waals surface area contributed by atoms with Gasteiger partial charge in [-0.2, -0.15) is 5.10 Å². The van der Waals surface area contributed by atoms with Crippen LogP contribution in [0.15, 0.2) is 12.1 Å². The maximum absolute atomic E-state index is 13.5. The van der Waals surface area contributed by atoms with E-state index in [1.165, 1.54) is 4.68 Å². The highest BCUT2D eigenvalue weighted by Gasteiger charge is 2.11. The molecule has 0 saturated carbocycles. The minimum absolute atomic E-state index is 0.163. The molecular weight excluding hydrogens is 169 g/mol. The van der Waals surface area contributed by atoms with Gasteiger partial charge in [0, 0.05) is 12.4 Å². The Balaban J connectivity index is 2.98. The van der Waals surface area contributed by atoms with E-state index in [4.69, 9.17) is 5.73 Å². The fourth-order valence-corrected chi connectivity index (χ4v) is 1.52. The molecule has 2 aromatic rings. The molecule has 0 aliphatic carbocycles. The number of hydrogen-bond donors (Lipinski definition) is 1. The van der Waals surface area contributed by atoms with Crippen LogP contribution in [0.5, 0.6) is 0 Å². The lowest BCUT2D eigenvalue weighted by Crippen LogP contribution is -1.96. The van der Waals surface area contributed by atoms with Crippen molar-refractivity contribution >= 4 is 16.6 Å². The van der Waals surface area contributed by atoms with Gasteiger partial charge in [0.15, 0.2) is 5.82 Å². The van der Waals surface area contributed by atoms with Crippen LogP contribution in [0, 0.1) is 12.7 Å². The first-order valence-corrected chi connectivity index (χ1v) is 3.98. The van der Waals surface area contributed by atoms with E-state index in [0.717, 1.165) is 11.1 Å². The van der Waals surface area contributed by atoms with Crippen molar-refractivity contribution in [2.24, 2.45) is 7.05 Å². The molecule has 0 spiro atoms. The second kappa shape index (κ2) is 2.45. The molecule has 0 aliphatic heterocycles. The van der Waals surface area contributed by atoms with E-state index < -0.39 is 0 Å². The zero-order chi connectivity index (χ0) is 9.59. The summed E-state index contributed by atoms with van der Waals surface area (Å²) in [6, 6.07) is 3.35. The fraction of sp³-hybridized carbons (Fsp3) is 0.222. The number of nitrogens with zero attached hydrogens (tertiary/aromatic N) is 2. The molecule has 2 rings (SSSR count). The van der Waals surface area contributed by atoms with E-state index >= 15 is 0 Å². The van der Waals surface area contributed by atoms with Crippen molar-refractivity contribution < 1.29 is 4.39 Å². The third kappa shape index (κ3) is 0.983. The van der Waals surface area contributed by atoms with Gasteiger partial charge in [0.25, 0.3) is 0 Å². The summed E-state index contributed by atoms with van der Waals surface area (Å²) in [4.78, 5) is 0. The molecule has 0 bridgehead atoms. The zero-order valence-electron chi connectivity index (χ0n) is 7.50. The first-order chi connectivity index (χ1) is 6.11. The molecule has 0 saturated heterocycles. The van der Waals surface area contributed by atoms with E-state index in [1.807, 2.05) is 6.92 Å². The summed E-state index contributed by atoms with van der Waals surface area (Å²) in [6.45, 7) is 1.85. The second-order valence-corrected chi connectivity index (χ2v) is 3.07. The van der Waals surface area contributed by atoms with E-state index in [2.05, 4.69) is 5.10 Å². The first kappa shape index (κ1) is 8.04. The van der Waals surface area contributed by atoms with Crippen LogP contribution in [0.25, 0.3) is 10.9 Å². The van der Waals surface area contributed by atoms with Gasteiger partial charge in [-0.3, -0.25) is 4.68 Å². The maximum atomic E-state index is 13.5. The van der Waals surface area contributed by atoms with Crippen molar-refractivity contribution in [1.82, 2.24) is 9.78 Å². The van der Waals surface area contributed by atoms with Crippen molar-refractivity contribution in [2.45, 2.75) is 6.92 Å². The number of benzene rings is 1. The van der Waals surface area contributed by atoms with Gasteiger partial charge in [-0.25, -0.2) is 4.39 Å². The molecule has 1 aromatic heterocycles. The number of hydrogen-bond acceptors (Lipinski definition) is 2. The Kier molecular flexibility index (Phi) is 1.52. The normalized spacial score (nSPS) is 11.0. The Morgan fingerprint density at radius 3 is 2.85 bits per heavy atom. The molecule has 3 nitrogen and oxygen atoms in total. The molecule has 0 aliphatic rings. The Morgan fingerprint density at radius 1 is 1.46 bits per heavy atom. The lowest BCUT2D eigenvalue weighted by atomic mass is 10.2. The molecule has 4 heteroatoms. The minimum Gasteiger partial charge on any atom is -0.396 e. The summed E-state index contributed by atoms with van der Waals surface area (Å²) < 4.78 is 15.0. The standard InChI is InChI=1S/C9H10FN3/c1-5-6-3-4-7(11)8(10)9(6)13(2)12-5/h3-4H,11H2,1-2H3. The number of fused-ring (bicyclic) bond motifs is 1. The minimum atomic E-state index is -0.388. The number of aryl methyl sites for hydroxylation is 2. The summed E-state index contributed by atoms with van der Waals surface area (Å²) in [5.74, 6) is -0.388. The SMILES string of the molecule is Cc1nn(C)c2c(F)c(N)ccc12. The Labute approximate surface area is 75.0 Å². The van der Waals surface area contributed by atoms with Gasteiger partial charge in [-0.05, 0) is 19.1 Å². The van der Waals surface area contributed by atoms with Crippen LogP contribution < -0.4 is 5.73 Å². The molecule has 68 valence electrons. The molecule has 0 radical (unpaired) electrons. The van der Waals surface area contributed by atoms with Crippen molar-refractivity contribution in [1.29, 1.82) is 0 Å². The van der Waals surface area contributed by atoms with Crippen molar-refractivity contribution in [3.8, 4) is 0 Å². The molecular formula is C9H10FN3. The Hall–Kier alpha value is -1.58. The van der Waals surface area contributed by atoms with E-state index in [0.29, 0.717) is 5.52 Å².